The third-order valence-electron chi connectivity index (χ3n) is 3.51. The lowest BCUT2D eigenvalue weighted by atomic mass is 9.93. The summed E-state index contributed by atoms with van der Waals surface area (Å²) in [5.41, 5.74) is -0.0831. The second-order valence-electron chi connectivity index (χ2n) is 5.88. The molecule has 1 heterocycles. The first-order valence-electron chi connectivity index (χ1n) is 6.33. The van der Waals surface area contributed by atoms with E-state index in [1.807, 2.05) is 21.1 Å². The van der Waals surface area contributed by atoms with Crippen LogP contribution in [0.5, 0.6) is 0 Å². The first kappa shape index (κ1) is 14.9. The molecule has 0 spiro atoms. The second-order valence-corrected chi connectivity index (χ2v) is 5.88. The Morgan fingerprint density at radius 2 is 2.11 bits per heavy atom. The zero-order valence-electron chi connectivity index (χ0n) is 12.1. The van der Waals surface area contributed by atoms with Crippen LogP contribution in [0.3, 0.4) is 0 Å². The minimum atomic E-state index is -0.302. The molecule has 0 aliphatic carbocycles. The van der Waals surface area contributed by atoms with Gasteiger partial charge in [-0.1, -0.05) is 0 Å². The third-order valence-corrected chi connectivity index (χ3v) is 3.51. The van der Waals surface area contributed by atoms with Crippen molar-refractivity contribution in [2.75, 3.05) is 40.8 Å². The maximum Gasteiger partial charge on any atom is 0.240 e. The quantitative estimate of drug-likeness (QED) is 0.726. The normalized spacial score (nSPS) is 24.4. The molecule has 1 amide bonds. The summed E-state index contributed by atoms with van der Waals surface area (Å²) < 4.78 is 0. The van der Waals surface area contributed by atoms with Gasteiger partial charge in [0, 0.05) is 32.2 Å². The number of carbonyl (C=O) groups excluding carboxylic acids is 1. The number of hydrogen-bond acceptors (Lipinski definition) is 4. The lowest BCUT2D eigenvalue weighted by Crippen LogP contribution is -2.66. The smallest absolute Gasteiger partial charge is 0.240 e. The molecule has 0 aromatic heterocycles. The molecule has 1 fully saturated rings. The van der Waals surface area contributed by atoms with Crippen molar-refractivity contribution in [3.63, 3.8) is 0 Å². The van der Waals surface area contributed by atoms with Crippen molar-refractivity contribution in [2.24, 2.45) is 0 Å². The number of piperazine rings is 1. The number of carbonyl (C=O) groups is 1. The first-order valence-corrected chi connectivity index (χ1v) is 6.33. The highest BCUT2D eigenvalue weighted by atomic mass is 16.2. The van der Waals surface area contributed by atoms with Gasteiger partial charge in [-0.25, -0.2) is 0 Å². The largest absolute Gasteiger partial charge is 0.343 e. The van der Waals surface area contributed by atoms with Crippen LogP contribution in [-0.4, -0.2) is 73.0 Å². The predicted octanol–water partition coefficient (Wildman–Crippen LogP) is 0.383. The highest BCUT2D eigenvalue weighted by Gasteiger charge is 2.43. The third kappa shape index (κ3) is 3.21. The van der Waals surface area contributed by atoms with Gasteiger partial charge in [0.2, 0.25) is 5.91 Å². The van der Waals surface area contributed by atoms with Crippen LogP contribution in [0.15, 0.2) is 0 Å². The summed E-state index contributed by atoms with van der Waals surface area (Å²) in [6.45, 7) is 6.68. The Hall–Kier alpha value is -1.12. The molecule has 102 valence electrons. The zero-order valence-corrected chi connectivity index (χ0v) is 12.1. The molecule has 1 atom stereocenters. The van der Waals surface area contributed by atoms with Crippen LogP contribution < -0.4 is 0 Å². The number of hydrogen-bond donors (Lipinski definition) is 0. The van der Waals surface area contributed by atoms with Crippen molar-refractivity contribution < 1.29 is 4.79 Å². The fraction of sp³-hybridized carbons (Fsp3) is 0.846. The number of nitrogens with zero attached hydrogens (tertiary/aromatic N) is 4. The lowest BCUT2D eigenvalue weighted by molar-refractivity contribution is -0.147. The van der Waals surface area contributed by atoms with Gasteiger partial charge in [0.05, 0.1) is 12.5 Å². The Labute approximate surface area is 110 Å². The van der Waals surface area contributed by atoms with Crippen molar-refractivity contribution in [3.8, 4) is 6.07 Å². The van der Waals surface area contributed by atoms with Crippen molar-refractivity contribution >= 4 is 5.91 Å². The maximum atomic E-state index is 12.2. The van der Waals surface area contributed by atoms with E-state index in [9.17, 15) is 4.79 Å². The molecular formula is C13H24N4O. The van der Waals surface area contributed by atoms with Gasteiger partial charge in [0.15, 0.2) is 0 Å². The van der Waals surface area contributed by atoms with E-state index in [0.717, 1.165) is 13.1 Å². The lowest BCUT2D eigenvalue weighted by Gasteiger charge is -2.50. The van der Waals surface area contributed by atoms with Gasteiger partial charge in [-0.05, 0) is 27.9 Å². The molecule has 0 saturated carbocycles. The monoisotopic (exact) mass is 252 g/mol. The Morgan fingerprint density at radius 3 is 2.61 bits per heavy atom. The summed E-state index contributed by atoms with van der Waals surface area (Å²) >= 11 is 0. The van der Waals surface area contributed by atoms with Crippen LogP contribution in [0.2, 0.25) is 0 Å². The average Bonchev–Trinajstić information content (AvgIpc) is 2.24. The zero-order chi connectivity index (χ0) is 13.9. The molecule has 0 radical (unpaired) electrons. The fourth-order valence-corrected chi connectivity index (χ4v) is 2.61. The minimum absolute atomic E-state index is 0.0645. The van der Waals surface area contributed by atoms with Gasteiger partial charge in [0.1, 0.15) is 6.04 Å². The molecular weight excluding hydrogens is 228 g/mol. The summed E-state index contributed by atoms with van der Waals surface area (Å²) in [5, 5.41) is 8.93. The van der Waals surface area contributed by atoms with E-state index >= 15 is 0 Å². The number of likely N-dealkylation sites (N-methyl/N-ethyl adjacent to an activating group) is 2. The molecule has 0 bridgehead atoms. The molecule has 0 aromatic carbocycles. The minimum Gasteiger partial charge on any atom is -0.343 e. The fourth-order valence-electron chi connectivity index (χ4n) is 2.61. The molecule has 5 heteroatoms. The summed E-state index contributed by atoms with van der Waals surface area (Å²) in [7, 11) is 5.85. The average molecular weight is 252 g/mol. The summed E-state index contributed by atoms with van der Waals surface area (Å²) in [5.74, 6) is 0.0645. The molecule has 0 aromatic rings. The van der Waals surface area contributed by atoms with Gasteiger partial charge in [-0.2, -0.15) is 5.26 Å². The summed E-state index contributed by atoms with van der Waals surface area (Å²) in [6.07, 6.45) is 0.264. The van der Waals surface area contributed by atoms with E-state index in [2.05, 4.69) is 29.7 Å². The highest BCUT2D eigenvalue weighted by molar-refractivity contribution is 5.83. The van der Waals surface area contributed by atoms with Crippen LogP contribution in [0.1, 0.15) is 20.3 Å². The molecule has 0 N–H and O–H groups in total. The van der Waals surface area contributed by atoms with Crippen LogP contribution in [0, 0.1) is 11.3 Å². The van der Waals surface area contributed by atoms with Crippen molar-refractivity contribution in [1.82, 2.24) is 14.7 Å². The molecule has 1 unspecified atom stereocenters. The molecule has 1 saturated heterocycles. The van der Waals surface area contributed by atoms with Gasteiger partial charge in [0.25, 0.3) is 0 Å². The molecule has 1 aliphatic rings. The van der Waals surface area contributed by atoms with Gasteiger partial charge >= 0.3 is 0 Å². The van der Waals surface area contributed by atoms with E-state index < -0.39 is 0 Å². The molecule has 1 aliphatic heterocycles. The Morgan fingerprint density at radius 1 is 1.50 bits per heavy atom. The number of amides is 1. The van der Waals surface area contributed by atoms with Crippen LogP contribution in [0.4, 0.5) is 0 Å². The second kappa shape index (κ2) is 5.68. The van der Waals surface area contributed by atoms with Crippen molar-refractivity contribution in [3.05, 3.63) is 0 Å². The summed E-state index contributed by atoms with van der Waals surface area (Å²) in [4.78, 5) is 18.2. The van der Waals surface area contributed by atoms with Gasteiger partial charge in [-0.15, -0.1) is 0 Å². The van der Waals surface area contributed by atoms with Gasteiger partial charge < -0.3 is 9.80 Å². The Kier molecular flexibility index (Phi) is 4.71. The topological polar surface area (TPSA) is 50.6 Å². The van der Waals surface area contributed by atoms with Gasteiger partial charge in [-0.3, -0.25) is 9.69 Å². The van der Waals surface area contributed by atoms with Crippen LogP contribution in [0.25, 0.3) is 0 Å². The molecule has 1 rings (SSSR count). The SMILES string of the molecule is CN(C)CCN1C(CC#N)C(=O)N(C)CC1(C)C. The maximum absolute atomic E-state index is 12.2. The predicted molar refractivity (Wildman–Crippen MR) is 71.0 cm³/mol. The number of nitriles is 1. The first-order chi connectivity index (χ1) is 8.29. The molecule has 18 heavy (non-hydrogen) atoms. The van der Waals surface area contributed by atoms with Crippen LogP contribution >= 0.6 is 0 Å². The number of rotatable bonds is 4. The van der Waals surface area contributed by atoms with Crippen LogP contribution in [-0.2, 0) is 4.79 Å². The van der Waals surface area contributed by atoms with E-state index in [0.29, 0.717) is 6.54 Å². The van der Waals surface area contributed by atoms with Crippen molar-refractivity contribution in [1.29, 1.82) is 5.26 Å². The van der Waals surface area contributed by atoms with E-state index in [1.54, 1.807) is 4.90 Å². The van der Waals surface area contributed by atoms with E-state index in [1.165, 1.54) is 0 Å². The molecule has 5 nitrogen and oxygen atoms in total. The highest BCUT2D eigenvalue weighted by Crippen LogP contribution is 2.26. The van der Waals surface area contributed by atoms with Crippen molar-refractivity contribution in [2.45, 2.75) is 31.8 Å². The Bertz CT molecular complexity index is 345. The Balaban J connectivity index is 2.90. The van der Waals surface area contributed by atoms with E-state index in [4.69, 9.17) is 5.26 Å². The van der Waals surface area contributed by atoms with E-state index in [-0.39, 0.29) is 23.9 Å². The standard InChI is InChI=1S/C13H24N4O/c1-13(2)10-16(5)12(18)11(6-7-14)17(13)9-8-15(3)4/h11H,6,8-10H2,1-5H3. The summed E-state index contributed by atoms with van der Waals surface area (Å²) in [6, 6.07) is 1.84.